The number of halogens is 1. The third kappa shape index (κ3) is 2.73. The van der Waals surface area contributed by atoms with E-state index in [1.807, 2.05) is 18.2 Å². The van der Waals surface area contributed by atoms with E-state index in [1.165, 1.54) is 0 Å². The number of para-hydroxylation sites is 1. The van der Waals surface area contributed by atoms with Crippen molar-refractivity contribution in [2.24, 2.45) is 0 Å². The zero-order chi connectivity index (χ0) is 13.2. The van der Waals surface area contributed by atoms with Crippen LogP contribution in [-0.4, -0.2) is 48.3 Å². The Balaban J connectivity index is 1.62. The summed E-state index contributed by atoms with van der Waals surface area (Å²) in [7, 11) is 0. The molecule has 1 aromatic carbocycles. The Bertz CT molecular complexity index is 432. The maximum atomic E-state index is 9.99. The first-order chi connectivity index (χ1) is 9.25. The molecule has 19 heavy (non-hydrogen) atoms. The molecule has 0 radical (unpaired) electrons. The molecule has 2 fully saturated rings. The van der Waals surface area contributed by atoms with Gasteiger partial charge in [0, 0.05) is 32.2 Å². The predicted molar refractivity (Wildman–Crippen MR) is 78.9 cm³/mol. The molecule has 0 unspecified atom stereocenters. The molecule has 1 saturated heterocycles. The number of aliphatic hydroxyl groups excluding tert-OH is 1. The van der Waals surface area contributed by atoms with Crippen LogP contribution < -0.4 is 4.90 Å². The minimum atomic E-state index is -0.119. The van der Waals surface area contributed by atoms with Crippen molar-refractivity contribution in [2.45, 2.75) is 31.4 Å². The maximum absolute atomic E-state index is 9.99. The van der Waals surface area contributed by atoms with Gasteiger partial charge in [-0.05, 0) is 31.4 Å². The van der Waals surface area contributed by atoms with Crippen molar-refractivity contribution in [3.8, 4) is 0 Å². The summed E-state index contributed by atoms with van der Waals surface area (Å²) in [5.41, 5.74) is 1.13. The molecule has 1 N–H and O–H groups in total. The lowest BCUT2D eigenvalue weighted by Crippen LogP contribution is -2.52. The first kappa shape index (κ1) is 13.2. The van der Waals surface area contributed by atoms with Gasteiger partial charge >= 0.3 is 0 Å². The standard InChI is InChI=1S/C15H21ClN2O/c16-12-4-1-2-5-13(12)17-8-10-18(11-9-17)14-6-3-7-15(14)19/h1-2,4-5,14-15,19H,3,6-11H2/t14-,15-/m1/s1. The van der Waals surface area contributed by atoms with Crippen LogP contribution in [0, 0.1) is 0 Å². The smallest absolute Gasteiger partial charge is 0.0695 e. The molecule has 1 heterocycles. The normalized spacial score (nSPS) is 28.8. The highest BCUT2D eigenvalue weighted by atomic mass is 35.5. The molecule has 3 nitrogen and oxygen atoms in total. The fraction of sp³-hybridized carbons (Fsp3) is 0.600. The third-order valence-corrected chi connectivity index (χ3v) is 4.74. The molecule has 3 rings (SSSR count). The molecule has 104 valence electrons. The van der Waals surface area contributed by atoms with Crippen LogP contribution >= 0.6 is 11.6 Å². The van der Waals surface area contributed by atoms with E-state index in [4.69, 9.17) is 11.6 Å². The molecule has 2 atom stereocenters. The fourth-order valence-corrected chi connectivity index (χ4v) is 3.60. The number of benzene rings is 1. The largest absolute Gasteiger partial charge is 0.391 e. The van der Waals surface area contributed by atoms with Crippen molar-refractivity contribution in [1.82, 2.24) is 4.90 Å². The van der Waals surface area contributed by atoms with Gasteiger partial charge in [0.2, 0.25) is 0 Å². The zero-order valence-electron chi connectivity index (χ0n) is 11.1. The van der Waals surface area contributed by atoms with Crippen LogP contribution in [-0.2, 0) is 0 Å². The average Bonchev–Trinajstić information content (AvgIpc) is 2.86. The average molecular weight is 281 g/mol. The Morgan fingerprint density at radius 1 is 1.05 bits per heavy atom. The van der Waals surface area contributed by atoms with Crippen LogP contribution in [0.4, 0.5) is 5.69 Å². The summed E-state index contributed by atoms with van der Waals surface area (Å²) >= 11 is 6.25. The van der Waals surface area contributed by atoms with Gasteiger partial charge in [-0.15, -0.1) is 0 Å². The van der Waals surface area contributed by atoms with Crippen LogP contribution in [0.1, 0.15) is 19.3 Å². The van der Waals surface area contributed by atoms with Gasteiger partial charge in [-0.1, -0.05) is 23.7 Å². The van der Waals surface area contributed by atoms with Crippen LogP contribution in [0.5, 0.6) is 0 Å². The van der Waals surface area contributed by atoms with Crippen molar-refractivity contribution in [2.75, 3.05) is 31.1 Å². The second-order valence-corrected chi connectivity index (χ2v) is 5.95. The molecule has 4 heteroatoms. The summed E-state index contributed by atoms with van der Waals surface area (Å²) in [5, 5.41) is 10.8. The van der Waals surface area contributed by atoms with E-state index < -0.39 is 0 Å². The van der Waals surface area contributed by atoms with Gasteiger partial charge in [0.05, 0.1) is 16.8 Å². The summed E-state index contributed by atoms with van der Waals surface area (Å²) in [5.74, 6) is 0. The van der Waals surface area contributed by atoms with Crippen LogP contribution in [0.25, 0.3) is 0 Å². The monoisotopic (exact) mass is 280 g/mol. The molecule has 1 aliphatic carbocycles. The molecule has 1 saturated carbocycles. The molecule has 1 aromatic rings. The van der Waals surface area contributed by atoms with E-state index in [0.29, 0.717) is 6.04 Å². The summed E-state index contributed by atoms with van der Waals surface area (Å²) in [4.78, 5) is 4.80. The Morgan fingerprint density at radius 2 is 1.79 bits per heavy atom. The minimum Gasteiger partial charge on any atom is -0.391 e. The zero-order valence-corrected chi connectivity index (χ0v) is 11.9. The summed E-state index contributed by atoms with van der Waals surface area (Å²) < 4.78 is 0. The van der Waals surface area contributed by atoms with Gasteiger partial charge in [-0.25, -0.2) is 0 Å². The lowest BCUT2D eigenvalue weighted by molar-refractivity contribution is 0.0671. The second kappa shape index (κ2) is 5.70. The molecular weight excluding hydrogens is 260 g/mol. The number of aliphatic hydroxyl groups is 1. The lowest BCUT2D eigenvalue weighted by Gasteiger charge is -2.40. The van der Waals surface area contributed by atoms with E-state index >= 15 is 0 Å². The molecule has 0 spiro atoms. The van der Waals surface area contributed by atoms with Gasteiger partial charge in [-0.2, -0.15) is 0 Å². The Kier molecular flexibility index (Phi) is 3.96. The van der Waals surface area contributed by atoms with E-state index in [1.54, 1.807) is 0 Å². The van der Waals surface area contributed by atoms with E-state index in [-0.39, 0.29) is 6.10 Å². The molecule has 0 amide bonds. The van der Waals surface area contributed by atoms with Gasteiger partial charge < -0.3 is 10.0 Å². The van der Waals surface area contributed by atoms with Crippen molar-refractivity contribution >= 4 is 17.3 Å². The first-order valence-electron chi connectivity index (χ1n) is 7.17. The summed E-state index contributed by atoms with van der Waals surface area (Å²) in [6.45, 7) is 4.03. The van der Waals surface area contributed by atoms with E-state index in [2.05, 4.69) is 15.9 Å². The number of hydrogen-bond acceptors (Lipinski definition) is 3. The number of hydrogen-bond donors (Lipinski definition) is 1. The molecule has 2 aliphatic rings. The number of nitrogens with zero attached hydrogens (tertiary/aromatic N) is 2. The Morgan fingerprint density at radius 3 is 2.42 bits per heavy atom. The van der Waals surface area contributed by atoms with Gasteiger partial charge in [0.25, 0.3) is 0 Å². The summed E-state index contributed by atoms with van der Waals surface area (Å²) in [6, 6.07) is 8.42. The molecule has 1 aliphatic heterocycles. The Hall–Kier alpha value is -0.770. The quantitative estimate of drug-likeness (QED) is 0.901. The second-order valence-electron chi connectivity index (χ2n) is 5.54. The highest BCUT2D eigenvalue weighted by Crippen LogP contribution is 2.29. The fourth-order valence-electron chi connectivity index (χ4n) is 3.35. The minimum absolute atomic E-state index is 0.119. The lowest BCUT2D eigenvalue weighted by atomic mass is 10.1. The topological polar surface area (TPSA) is 26.7 Å². The number of rotatable bonds is 2. The van der Waals surface area contributed by atoms with E-state index in [0.717, 1.165) is 56.2 Å². The van der Waals surface area contributed by atoms with Crippen LogP contribution in [0.3, 0.4) is 0 Å². The highest BCUT2D eigenvalue weighted by molar-refractivity contribution is 6.33. The molecule has 0 bridgehead atoms. The van der Waals surface area contributed by atoms with E-state index in [9.17, 15) is 5.11 Å². The van der Waals surface area contributed by atoms with Gasteiger partial charge in [0.1, 0.15) is 0 Å². The van der Waals surface area contributed by atoms with Gasteiger partial charge in [0.15, 0.2) is 0 Å². The van der Waals surface area contributed by atoms with Gasteiger partial charge in [-0.3, -0.25) is 4.90 Å². The van der Waals surface area contributed by atoms with Crippen molar-refractivity contribution in [3.63, 3.8) is 0 Å². The summed E-state index contributed by atoms with van der Waals surface area (Å²) in [6.07, 6.45) is 3.16. The van der Waals surface area contributed by atoms with Crippen LogP contribution in [0.15, 0.2) is 24.3 Å². The van der Waals surface area contributed by atoms with Crippen LogP contribution in [0.2, 0.25) is 5.02 Å². The maximum Gasteiger partial charge on any atom is 0.0695 e. The Labute approximate surface area is 119 Å². The molecule has 0 aromatic heterocycles. The van der Waals surface area contributed by atoms with Crippen molar-refractivity contribution in [3.05, 3.63) is 29.3 Å². The first-order valence-corrected chi connectivity index (χ1v) is 7.55. The van der Waals surface area contributed by atoms with Crippen molar-refractivity contribution in [1.29, 1.82) is 0 Å². The third-order valence-electron chi connectivity index (χ3n) is 4.42. The molecular formula is C15H21ClN2O. The van der Waals surface area contributed by atoms with Crippen molar-refractivity contribution < 1.29 is 5.11 Å². The SMILES string of the molecule is O[C@@H]1CCC[C@H]1N1CCN(c2ccccc2Cl)CC1. The highest BCUT2D eigenvalue weighted by Gasteiger charge is 2.32. The predicted octanol–water partition coefficient (Wildman–Crippen LogP) is 2.38. The number of piperazine rings is 1. The number of anilines is 1.